The molecule has 1 aromatic heterocycles. The summed E-state index contributed by atoms with van der Waals surface area (Å²) in [6, 6.07) is 4.79. The van der Waals surface area contributed by atoms with Crippen LogP contribution in [0.3, 0.4) is 0 Å². The van der Waals surface area contributed by atoms with Crippen LogP contribution in [0.25, 0.3) is 0 Å². The minimum atomic E-state index is -0.532. The monoisotopic (exact) mass is 353 g/mol. The Bertz CT molecular complexity index is 711. The van der Waals surface area contributed by atoms with Gasteiger partial charge >= 0.3 is 5.97 Å². The molecule has 2 rings (SSSR count). The van der Waals surface area contributed by atoms with Crippen LogP contribution in [0.15, 0.2) is 28.9 Å². The summed E-state index contributed by atoms with van der Waals surface area (Å²) < 4.78 is 6.89. The Hall–Kier alpha value is -2.22. The molecule has 8 heteroatoms. The first-order valence-electron chi connectivity index (χ1n) is 5.97. The van der Waals surface area contributed by atoms with Gasteiger partial charge in [0.05, 0.1) is 24.8 Å². The van der Waals surface area contributed by atoms with E-state index in [0.29, 0.717) is 15.9 Å². The van der Waals surface area contributed by atoms with Crippen molar-refractivity contribution < 1.29 is 14.5 Å². The van der Waals surface area contributed by atoms with Crippen LogP contribution >= 0.6 is 15.9 Å². The molecule has 0 atom stereocenters. The number of carbonyl (C=O) groups is 1. The maximum absolute atomic E-state index is 11.7. The van der Waals surface area contributed by atoms with Gasteiger partial charge in [-0.1, -0.05) is 15.9 Å². The summed E-state index contributed by atoms with van der Waals surface area (Å²) in [4.78, 5) is 26.4. The highest BCUT2D eigenvalue weighted by molar-refractivity contribution is 9.10. The first kappa shape index (κ1) is 15.2. The fourth-order valence-electron chi connectivity index (χ4n) is 1.95. The molecule has 0 N–H and O–H groups in total. The van der Waals surface area contributed by atoms with Gasteiger partial charge in [-0.05, 0) is 19.1 Å². The van der Waals surface area contributed by atoms with Crippen molar-refractivity contribution in [3.63, 3.8) is 0 Å². The lowest BCUT2D eigenvalue weighted by molar-refractivity contribution is -0.385. The lowest BCUT2D eigenvalue weighted by atomic mass is 10.1. The molecule has 0 spiro atoms. The second-order valence-corrected chi connectivity index (χ2v) is 5.21. The van der Waals surface area contributed by atoms with Crippen molar-refractivity contribution in [3.8, 4) is 0 Å². The van der Waals surface area contributed by atoms with Gasteiger partial charge in [0.1, 0.15) is 11.5 Å². The zero-order chi connectivity index (χ0) is 15.6. The summed E-state index contributed by atoms with van der Waals surface area (Å²) in [6.07, 6.45) is 1.39. The predicted molar refractivity (Wildman–Crippen MR) is 78.2 cm³/mol. The van der Waals surface area contributed by atoms with E-state index in [1.165, 1.54) is 19.4 Å². The summed E-state index contributed by atoms with van der Waals surface area (Å²) in [5.74, 6) is 0.0444. The molecule has 1 heterocycles. The van der Waals surface area contributed by atoms with E-state index < -0.39 is 10.9 Å². The summed E-state index contributed by atoms with van der Waals surface area (Å²) in [6.45, 7) is 1.89. The lowest BCUT2D eigenvalue weighted by Gasteiger charge is -2.09. The van der Waals surface area contributed by atoms with Crippen LogP contribution in [0.2, 0.25) is 0 Å². The number of nitro benzene ring substituents is 1. The van der Waals surface area contributed by atoms with Gasteiger partial charge in [0, 0.05) is 16.1 Å². The molecule has 0 bridgehead atoms. The van der Waals surface area contributed by atoms with Crippen molar-refractivity contribution in [3.05, 3.63) is 56.1 Å². The average molecular weight is 354 g/mol. The van der Waals surface area contributed by atoms with E-state index in [1.54, 1.807) is 23.6 Å². The number of methoxy groups -OCH3 is 1. The smallest absolute Gasteiger partial charge is 0.356 e. The molecule has 0 saturated carbocycles. The maximum Gasteiger partial charge on any atom is 0.356 e. The molecule has 7 nitrogen and oxygen atoms in total. The van der Waals surface area contributed by atoms with Gasteiger partial charge in [0.25, 0.3) is 5.69 Å². The standard InChI is InChI=1S/C13H12BrN3O4/c1-8-15-6-12(13(18)21-2)16(8)7-9-3-4-10(14)5-11(9)17(19)20/h3-6H,7H2,1-2H3. The molecule has 0 aliphatic rings. The van der Waals surface area contributed by atoms with Gasteiger partial charge in [0.15, 0.2) is 0 Å². The number of benzene rings is 1. The van der Waals surface area contributed by atoms with Crippen LogP contribution in [-0.4, -0.2) is 27.6 Å². The zero-order valence-corrected chi connectivity index (χ0v) is 13.0. The minimum Gasteiger partial charge on any atom is -0.464 e. The SMILES string of the molecule is COC(=O)c1cnc(C)n1Cc1ccc(Br)cc1[N+](=O)[O-]. The maximum atomic E-state index is 11.7. The summed E-state index contributed by atoms with van der Waals surface area (Å²) in [7, 11) is 1.27. The van der Waals surface area contributed by atoms with Crippen LogP contribution in [0, 0.1) is 17.0 Å². The zero-order valence-electron chi connectivity index (χ0n) is 11.4. The topological polar surface area (TPSA) is 87.3 Å². The van der Waals surface area contributed by atoms with Gasteiger partial charge < -0.3 is 9.30 Å². The van der Waals surface area contributed by atoms with E-state index in [9.17, 15) is 14.9 Å². The molecular weight excluding hydrogens is 342 g/mol. The number of imidazole rings is 1. The van der Waals surface area contributed by atoms with E-state index in [4.69, 9.17) is 0 Å². The number of carbonyl (C=O) groups excluding carboxylic acids is 1. The Balaban J connectivity index is 2.46. The third-order valence-electron chi connectivity index (χ3n) is 3.02. The number of rotatable bonds is 4. The Morgan fingerprint density at radius 3 is 2.86 bits per heavy atom. The van der Waals surface area contributed by atoms with Gasteiger partial charge in [0.2, 0.25) is 0 Å². The highest BCUT2D eigenvalue weighted by Gasteiger charge is 2.19. The molecule has 0 unspecified atom stereocenters. The van der Waals surface area contributed by atoms with Crippen molar-refractivity contribution in [2.45, 2.75) is 13.5 Å². The highest BCUT2D eigenvalue weighted by Crippen LogP contribution is 2.25. The number of aromatic nitrogens is 2. The predicted octanol–water partition coefficient (Wildman–Crippen LogP) is 2.70. The Labute approximate surface area is 128 Å². The fraction of sp³-hybridized carbons (Fsp3) is 0.231. The van der Waals surface area contributed by atoms with Crippen LogP contribution in [0.5, 0.6) is 0 Å². The molecule has 0 saturated heterocycles. The molecule has 2 aromatic rings. The van der Waals surface area contributed by atoms with Crippen molar-refractivity contribution in [2.75, 3.05) is 7.11 Å². The summed E-state index contributed by atoms with van der Waals surface area (Å²) in [5, 5.41) is 11.1. The molecule has 110 valence electrons. The normalized spacial score (nSPS) is 10.4. The van der Waals surface area contributed by atoms with E-state index in [1.807, 2.05) is 0 Å². The first-order valence-corrected chi connectivity index (χ1v) is 6.76. The number of halogens is 1. The van der Waals surface area contributed by atoms with E-state index in [-0.39, 0.29) is 17.9 Å². The molecule has 0 amide bonds. The summed E-state index contributed by atoms with van der Waals surface area (Å²) in [5.41, 5.74) is 0.718. The minimum absolute atomic E-state index is 0.0201. The molecule has 0 aliphatic heterocycles. The molecule has 0 fully saturated rings. The largest absolute Gasteiger partial charge is 0.464 e. The van der Waals surface area contributed by atoms with Crippen LogP contribution in [0.1, 0.15) is 21.9 Å². The number of ether oxygens (including phenoxy) is 1. The second kappa shape index (κ2) is 6.04. The third-order valence-corrected chi connectivity index (χ3v) is 3.52. The molecule has 21 heavy (non-hydrogen) atoms. The van der Waals surface area contributed by atoms with Crippen molar-refractivity contribution in [1.29, 1.82) is 0 Å². The fourth-order valence-corrected chi connectivity index (χ4v) is 2.30. The first-order chi connectivity index (χ1) is 9.93. The van der Waals surface area contributed by atoms with Gasteiger partial charge in [-0.25, -0.2) is 9.78 Å². The van der Waals surface area contributed by atoms with Crippen LogP contribution in [0.4, 0.5) is 5.69 Å². The van der Waals surface area contributed by atoms with Crippen LogP contribution < -0.4 is 0 Å². The molecule has 1 aromatic carbocycles. The number of esters is 1. The van der Waals surface area contributed by atoms with Crippen molar-refractivity contribution >= 4 is 27.6 Å². The van der Waals surface area contributed by atoms with Gasteiger partial charge in [-0.3, -0.25) is 10.1 Å². The second-order valence-electron chi connectivity index (χ2n) is 4.30. The van der Waals surface area contributed by atoms with E-state index in [0.717, 1.165) is 0 Å². The van der Waals surface area contributed by atoms with Crippen LogP contribution in [-0.2, 0) is 11.3 Å². The Morgan fingerprint density at radius 1 is 1.52 bits per heavy atom. The third kappa shape index (κ3) is 3.10. The Kier molecular flexibility index (Phi) is 4.37. The van der Waals surface area contributed by atoms with E-state index >= 15 is 0 Å². The van der Waals surface area contributed by atoms with E-state index in [2.05, 4.69) is 25.7 Å². The average Bonchev–Trinajstić information content (AvgIpc) is 2.81. The number of nitro groups is 1. The summed E-state index contributed by atoms with van der Waals surface area (Å²) >= 11 is 3.21. The molecule has 0 aliphatic carbocycles. The Morgan fingerprint density at radius 2 is 2.24 bits per heavy atom. The number of hydrogen-bond acceptors (Lipinski definition) is 5. The number of hydrogen-bond donors (Lipinski definition) is 0. The molecular formula is C13H12BrN3O4. The lowest BCUT2D eigenvalue weighted by Crippen LogP contribution is -2.13. The van der Waals surface area contributed by atoms with Crippen molar-refractivity contribution in [2.24, 2.45) is 0 Å². The van der Waals surface area contributed by atoms with Gasteiger partial charge in [-0.15, -0.1) is 0 Å². The quantitative estimate of drug-likeness (QED) is 0.479. The van der Waals surface area contributed by atoms with Gasteiger partial charge in [-0.2, -0.15) is 0 Å². The number of nitrogens with zero attached hydrogens (tertiary/aromatic N) is 3. The van der Waals surface area contributed by atoms with Crippen molar-refractivity contribution in [1.82, 2.24) is 9.55 Å². The molecule has 0 radical (unpaired) electrons. The number of aryl methyl sites for hydroxylation is 1. The highest BCUT2D eigenvalue weighted by atomic mass is 79.9.